The van der Waals surface area contributed by atoms with Gasteiger partial charge in [-0.15, -0.1) is 0 Å². The predicted octanol–water partition coefficient (Wildman–Crippen LogP) is 2.98. The van der Waals surface area contributed by atoms with E-state index < -0.39 is 23.4 Å². The SMILES string of the molecule is Fc1cccc(C(F)(F)F)c1F. The molecule has 0 saturated carbocycles. The molecule has 0 spiro atoms. The molecule has 0 saturated heterocycles. The van der Waals surface area contributed by atoms with Crippen LogP contribution in [0.4, 0.5) is 22.0 Å². The van der Waals surface area contributed by atoms with E-state index in [0.29, 0.717) is 12.1 Å². The van der Waals surface area contributed by atoms with Gasteiger partial charge in [-0.2, -0.15) is 13.2 Å². The standard InChI is InChI=1S/C7H3F5/c8-5-3-1-2-4(6(5)9)7(10,11)12/h1-3H. The summed E-state index contributed by atoms with van der Waals surface area (Å²) in [5.41, 5.74) is -1.58. The molecule has 12 heavy (non-hydrogen) atoms. The van der Waals surface area contributed by atoms with E-state index in [-0.39, 0.29) is 0 Å². The number of rotatable bonds is 0. The van der Waals surface area contributed by atoms with Crippen molar-refractivity contribution in [2.24, 2.45) is 0 Å². The molecular formula is C7H3F5. The summed E-state index contributed by atoms with van der Waals surface area (Å²) < 4.78 is 60.1. The second-order valence-electron chi connectivity index (χ2n) is 2.10. The molecular weight excluding hydrogens is 179 g/mol. The van der Waals surface area contributed by atoms with Gasteiger partial charge in [-0.3, -0.25) is 0 Å². The molecule has 0 aromatic heterocycles. The van der Waals surface area contributed by atoms with Crippen LogP contribution >= 0.6 is 0 Å². The normalized spacial score (nSPS) is 11.8. The molecule has 0 aliphatic rings. The van der Waals surface area contributed by atoms with Gasteiger partial charge in [-0.1, -0.05) is 6.07 Å². The Morgan fingerprint density at radius 2 is 1.58 bits per heavy atom. The maximum Gasteiger partial charge on any atom is 0.419 e. The van der Waals surface area contributed by atoms with Crippen LogP contribution in [0.3, 0.4) is 0 Å². The van der Waals surface area contributed by atoms with E-state index >= 15 is 0 Å². The number of hydrogen-bond acceptors (Lipinski definition) is 0. The summed E-state index contributed by atoms with van der Waals surface area (Å²) >= 11 is 0. The molecule has 1 rings (SSSR count). The Kier molecular flexibility index (Phi) is 2.04. The molecule has 0 amide bonds. The first kappa shape index (κ1) is 8.96. The van der Waals surface area contributed by atoms with E-state index in [1.54, 1.807) is 0 Å². The van der Waals surface area contributed by atoms with Crippen LogP contribution in [0.15, 0.2) is 18.2 Å². The fraction of sp³-hybridized carbons (Fsp3) is 0.143. The highest BCUT2D eigenvalue weighted by Gasteiger charge is 2.34. The second kappa shape index (κ2) is 2.73. The van der Waals surface area contributed by atoms with Gasteiger partial charge in [-0.05, 0) is 12.1 Å². The third-order valence-electron chi connectivity index (χ3n) is 1.26. The average Bonchev–Trinajstić information content (AvgIpc) is 1.92. The van der Waals surface area contributed by atoms with E-state index in [1.165, 1.54) is 0 Å². The van der Waals surface area contributed by atoms with Crippen LogP contribution < -0.4 is 0 Å². The summed E-state index contributed by atoms with van der Waals surface area (Å²) in [7, 11) is 0. The zero-order chi connectivity index (χ0) is 9.35. The predicted molar refractivity (Wildman–Crippen MR) is 31.4 cm³/mol. The summed E-state index contributed by atoms with van der Waals surface area (Å²) in [6.45, 7) is 0. The van der Waals surface area contributed by atoms with Crippen LogP contribution in [0.2, 0.25) is 0 Å². The summed E-state index contributed by atoms with van der Waals surface area (Å²) in [5.74, 6) is -3.35. The van der Waals surface area contributed by atoms with E-state index in [4.69, 9.17) is 0 Å². The highest BCUT2D eigenvalue weighted by atomic mass is 19.4. The van der Waals surface area contributed by atoms with Crippen LogP contribution in [0, 0.1) is 11.6 Å². The Labute approximate surface area is 64.6 Å². The van der Waals surface area contributed by atoms with Gasteiger partial charge in [0.25, 0.3) is 0 Å². The number of benzene rings is 1. The summed E-state index contributed by atoms with van der Waals surface area (Å²) in [4.78, 5) is 0. The third kappa shape index (κ3) is 1.54. The average molecular weight is 182 g/mol. The van der Waals surface area contributed by atoms with Crippen molar-refractivity contribution >= 4 is 0 Å². The number of alkyl halides is 3. The molecule has 1 aromatic carbocycles. The fourth-order valence-corrected chi connectivity index (χ4v) is 0.723. The van der Waals surface area contributed by atoms with Crippen LogP contribution in [-0.4, -0.2) is 0 Å². The van der Waals surface area contributed by atoms with Gasteiger partial charge in [-0.25, -0.2) is 8.78 Å². The minimum Gasteiger partial charge on any atom is -0.204 e. The molecule has 0 unspecified atom stereocenters. The molecule has 0 N–H and O–H groups in total. The van der Waals surface area contributed by atoms with Crippen molar-refractivity contribution in [2.45, 2.75) is 6.18 Å². The lowest BCUT2D eigenvalue weighted by Crippen LogP contribution is -2.08. The van der Waals surface area contributed by atoms with Crippen molar-refractivity contribution in [3.8, 4) is 0 Å². The minimum atomic E-state index is -4.84. The lowest BCUT2D eigenvalue weighted by molar-refractivity contribution is -0.140. The van der Waals surface area contributed by atoms with Crippen molar-refractivity contribution in [3.63, 3.8) is 0 Å². The highest BCUT2D eigenvalue weighted by molar-refractivity contribution is 5.21. The summed E-state index contributed by atoms with van der Waals surface area (Å²) in [6, 6.07) is 1.92. The van der Waals surface area contributed by atoms with Gasteiger partial charge < -0.3 is 0 Å². The minimum absolute atomic E-state index is 0.485. The Bertz CT molecular complexity index is 288. The molecule has 66 valence electrons. The van der Waals surface area contributed by atoms with Crippen LogP contribution in [0.25, 0.3) is 0 Å². The molecule has 5 heteroatoms. The van der Waals surface area contributed by atoms with Gasteiger partial charge in [0.05, 0.1) is 5.56 Å². The molecule has 0 atom stereocenters. The van der Waals surface area contributed by atoms with E-state index in [1.807, 2.05) is 0 Å². The van der Waals surface area contributed by atoms with Crippen molar-refractivity contribution in [3.05, 3.63) is 35.4 Å². The van der Waals surface area contributed by atoms with E-state index in [0.717, 1.165) is 6.07 Å². The zero-order valence-corrected chi connectivity index (χ0v) is 5.62. The number of hydrogen-bond donors (Lipinski definition) is 0. The van der Waals surface area contributed by atoms with Crippen LogP contribution in [0.5, 0.6) is 0 Å². The first-order chi connectivity index (χ1) is 5.43. The Morgan fingerprint density at radius 3 is 2.00 bits per heavy atom. The van der Waals surface area contributed by atoms with Crippen LogP contribution in [0.1, 0.15) is 5.56 Å². The smallest absolute Gasteiger partial charge is 0.204 e. The highest BCUT2D eigenvalue weighted by Crippen LogP contribution is 2.31. The molecule has 1 aromatic rings. The summed E-state index contributed by atoms with van der Waals surface area (Å²) in [6.07, 6.45) is -4.84. The van der Waals surface area contributed by atoms with Crippen LogP contribution in [-0.2, 0) is 6.18 Å². The van der Waals surface area contributed by atoms with E-state index in [9.17, 15) is 22.0 Å². The summed E-state index contributed by atoms with van der Waals surface area (Å²) in [5, 5.41) is 0. The van der Waals surface area contributed by atoms with Crippen molar-refractivity contribution in [2.75, 3.05) is 0 Å². The van der Waals surface area contributed by atoms with Crippen molar-refractivity contribution in [1.29, 1.82) is 0 Å². The Morgan fingerprint density at radius 1 is 1.00 bits per heavy atom. The quantitative estimate of drug-likeness (QED) is 0.541. The molecule has 0 radical (unpaired) electrons. The Hall–Kier alpha value is -1.13. The molecule has 0 heterocycles. The maximum atomic E-state index is 12.4. The lowest BCUT2D eigenvalue weighted by atomic mass is 10.2. The first-order valence-electron chi connectivity index (χ1n) is 2.94. The largest absolute Gasteiger partial charge is 0.419 e. The maximum absolute atomic E-state index is 12.4. The van der Waals surface area contributed by atoms with Gasteiger partial charge in [0, 0.05) is 0 Å². The first-order valence-corrected chi connectivity index (χ1v) is 2.94. The molecule has 0 bridgehead atoms. The lowest BCUT2D eigenvalue weighted by Gasteiger charge is -2.06. The number of halogens is 5. The van der Waals surface area contributed by atoms with Crippen molar-refractivity contribution < 1.29 is 22.0 Å². The zero-order valence-electron chi connectivity index (χ0n) is 5.62. The third-order valence-corrected chi connectivity index (χ3v) is 1.26. The van der Waals surface area contributed by atoms with Gasteiger partial charge in [0.2, 0.25) is 0 Å². The molecule has 0 nitrogen and oxygen atoms in total. The van der Waals surface area contributed by atoms with Gasteiger partial charge in [0.15, 0.2) is 11.6 Å². The fourth-order valence-electron chi connectivity index (χ4n) is 0.723. The molecule has 0 fully saturated rings. The van der Waals surface area contributed by atoms with Gasteiger partial charge >= 0.3 is 6.18 Å². The van der Waals surface area contributed by atoms with Gasteiger partial charge in [0.1, 0.15) is 0 Å². The Balaban J connectivity index is 3.26. The van der Waals surface area contributed by atoms with E-state index in [2.05, 4.69) is 0 Å². The molecule has 0 aliphatic carbocycles. The molecule has 0 aliphatic heterocycles. The monoisotopic (exact) mass is 182 g/mol. The van der Waals surface area contributed by atoms with Crippen molar-refractivity contribution in [1.82, 2.24) is 0 Å². The topological polar surface area (TPSA) is 0 Å². The second-order valence-corrected chi connectivity index (χ2v) is 2.10.